The van der Waals surface area contributed by atoms with Crippen molar-refractivity contribution < 1.29 is 9.90 Å². The van der Waals surface area contributed by atoms with Gasteiger partial charge < -0.3 is 21.5 Å². The molecule has 0 aromatic carbocycles. The molecule has 0 bridgehead atoms. The highest BCUT2D eigenvalue weighted by atomic mass is 16.3. The zero-order chi connectivity index (χ0) is 13.1. The van der Waals surface area contributed by atoms with Crippen molar-refractivity contribution in [1.29, 1.82) is 0 Å². The number of amides is 1. The summed E-state index contributed by atoms with van der Waals surface area (Å²) in [7, 11) is 0. The van der Waals surface area contributed by atoms with E-state index in [2.05, 4.69) is 11.1 Å². The molecule has 2 rings (SSSR count). The van der Waals surface area contributed by atoms with Crippen LogP contribution in [0.5, 0.6) is 0 Å². The van der Waals surface area contributed by atoms with Crippen molar-refractivity contribution in [2.75, 3.05) is 18.1 Å². The van der Waals surface area contributed by atoms with E-state index in [1.165, 1.54) is 6.20 Å². The van der Waals surface area contributed by atoms with Gasteiger partial charge in [0.2, 0.25) is 5.91 Å². The number of primary amides is 1. The number of aromatic nitrogens is 1. The highest BCUT2D eigenvalue weighted by Crippen LogP contribution is 2.27. The number of rotatable bonds is 3. The SMILES string of the molecule is NC(=O)C1C(CO)CC(N)CN1c1[c]cncc1. The van der Waals surface area contributed by atoms with Crippen molar-refractivity contribution in [3.8, 4) is 0 Å². The second-order valence-electron chi connectivity index (χ2n) is 4.56. The Hall–Kier alpha value is -1.66. The maximum absolute atomic E-state index is 11.6. The molecular formula is C12H17N4O2. The van der Waals surface area contributed by atoms with Gasteiger partial charge in [0.1, 0.15) is 6.04 Å². The Morgan fingerprint density at radius 1 is 1.67 bits per heavy atom. The Morgan fingerprint density at radius 2 is 2.44 bits per heavy atom. The molecule has 1 amide bonds. The van der Waals surface area contributed by atoms with E-state index in [4.69, 9.17) is 11.5 Å². The lowest BCUT2D eigenvalue weighted by Gasteiger charge is -2.42. The Kier molecular flexibility index (Phi) is 3.78. The minimum Gasteiger partial charge on any atom is -0.396 e. The van der Waals surface area contributed by atoms with Gasteiger partial charge in [-0.15, -0.1) is 0 Å². The van der Waals surface area contributed by atoms with Crippen molar-refractivity contribution in [1.82, 2.24) is 4.98 Å². The summed E-state index contributed by atoms with van der Waals surface area (Å²) >= 11 is 0. The Balaban J connectivity index is 2.32. The number of carbonyl (C=O) groups excluding carboxylic acids is 1. The van der Waals surface area contributed by atoms with E-state index in [1.54, 1.807) is 17.2 Å². The number of anilines is 1. The zero-order valence-corrected chi connectivity index (χ0v) is 9.99. The van der Waals surface area contributed by atoms with Crippen LogP contribution in [0.4, 0.5) is 5.69 Å². The van der Waals surface area contributed by atoms with Crippen LogP contribution in [-0.2, 0) is 4.79 Å². The van der Waals surface area contributed by atoms with Gasteiger partial charge in [-0.25, -0.2) is 0 Å². The summed E-state index contributed by atoms with van der Waals surface area (Å²) in [5.41, 5.74) is 12.1. The molecule has 1 aromatic rings. The predicted molar refractivity (Wildman–Crippen MR) is 66.6 cm³/mol. The number of aliphatic hydroxyl groups excluding tert-OH is 1. The minimum atomic E-state index is -0.548. The van der Waals surface area contributed by atoms with Crippen molar-refractivity contribution in [3.05, 3.63) is 24.5 Å². The van der Waals surface area contributed by atoms with Crippen LogP contribution in [0.2, 0.25) is 0 Å². The zero-order valence-electron chi connectivity index (χ0n) is 9.99. The van der Waals surface area contributed by atoms with Crippen LogP contribution in [0.3, 0.4) is 0 Å². The van der Waals surface area contributed by atoms with Gasteiger partial charge in [0, 0.05) is 49.3 Å². The van der Waals surface area contributed by atoms with Crippen LogP contribution in [0, 0.1) is 12.0 Å². The number of piperidine rings is 1. The van der Waals surface area contributed by atoms with E-state index in [-0.39, 0.29) is 18.6 Å². The second-order valence-corrected chi connectivity index (χ2v) is 4.56. The van der Waals surface area contributed by atoms with E-state index in [0.29, 0.717) is 13.0 Å². The summed E-state index contributed by atoms with van der Waals surface area (Å²) in [6.07, 6.45) is 3.74. The molecule has 6 heteroatoms. The van der Waals surface area contributed by atoms with E-state index >= 15 is 0 Å². The molecule has 97 valence electrons. The third-order valence-corrected chi connectivity index (χ3v) is 3.26. The first-order chi connectivity index (χ1) is 8.63. The quantitative estimate of drug-likeness (QED) is 0.629. The monoisotopic (exact) mass is 249 g/mol. The van der Waals surface area contributed by atoms with Crippen molar-refractivity contribution in [3.63, 3.8) is 0 Å². The molecule has 0 spiro atoms. The van der Waals surface area contributed by atoms with Crippen LogP contribution < -0.4 is 16.4 Å². The van der Waals surface area contributed by atoms with Crippen LogP contribution in [0.15, 0.2) is 18.5 Å². The summed E-state index contributed by atoms with van der Waals surface area (Å²) in [5.74, 6) is -0.695. The second kappa shape index (κ2) is 5.32. The number of nitrogens with zero attached hydrogens (tertiary/aromatic N) is 2. The summed E-state index contributed by atoms with van der Waals surface area (Å²) in [5, 5.41) is 9.38. The lowest BCUT2D eigenvalue weighted by Crippen LogP contribution is -2.59. The molecule has 18 heavy (non-hydrogen) atoms. The molecule has 1 aliphatic heterocycles. The molecule has 3 atom stereocenters. The smallest absolute Gasteiger partial charge is 0.240 e. The fourth-order valence-electron chi connectivity index (χ4n) is 2.51. The van der Waals surface area contributed by atoms with Crippen LogP contribution in [0.1, 0.15) is 6.42 Å². The van der Waals surface area contributed by atoms with Gasteiger partial charge in [0.25, 0.3) is 0 Å². The molecule has 2 heterocycles. The van der Waals surface area contributed by atoms with E-state index < -0.39 is 11.9 Å². The van der Waals surface area contributed by atoms with Gasteiger partial charge in [0.15, 0.2) is 0 Å². The van der Waals surface area contributed by atoms with E-state index in [0.717, 1.165) is 5.69 Å². The summed E-state index contributed by atoms with van der Waals surface area (Å²) in [4.78, 5) is 17.3. The van der Waals surface area contributed by atoms with Crippen molar-refractivity contribution in [2.45, 2.75) is 18.5 Å². The molecule has 1 radical (unpaired) electrons. The van der Waals surface area contributed by atoms with Crippen LogP contribution in [-0.4, -0.2) is 41.2 Å². The lowest BCUT2D eigenvalue weighted by atomic mass is 9.86. The largest absolute Gasteiger partial charge is 0.396 e. The van der Waals surface area contributed by atoms with Gasteiger partial charge in [-0.05, 0) is 12.5 Å². The molecule has 6 nitrogen and oxygen atoms in total. The standard InChI is InChI=1S/C12H17N4O2/c13-9-5-8(7-17)11(12(14)18)16(6-9)10-1-3-15-4-2-10/h1,3-4,8-9,11,17H,5-7,13H2,(H2,14,18). The summed E-state index contributed by atoms with van der Waals surface area (Å²) < 4.78 is 0. The van der Waals surface area contributed by atoms with E-state index in [9.17, 15) is 9.90 Å². The first-order valence-electron chi connectivity index (χ1n) is 5.87. The summed E-state index contributed by atoms with van der Waals surface area (Å²) in [6, 6.07) is 4.06. The molecule has 5 N–H and O–H groups in total. The highest BCUT2D eigenvalue weighted by Gasteiger charge is 2.38. The number of aliphatic hydroxyl groups is 1. The number of pyridine rings is 1. The average molecular weight is 249 g/mol. The van der Waals surface area contributed by atoms with Gasteiger partial charge in [-0.2, -0.15) is 0 Å². The Bertz CT molecular complexity index is 412. The van der Waals surface area contributed by atoms with Gasteiger partial charge >= 0.3 is 0 Å². The van der Waals surface area contributed by atoms with Gasteiger partial charge in [-0.3, -0.25) is 9.78 Å². The molecule has 0 aliphatic carbocycles. The molecule has 1 saturated heterocycles. The number of hydrogen-bond donors (Lipinski definition) is 3. The molecular weight excluding hydrogens is 232 g/mol. The van der Waals surface area contributed by atoms with Crippen LogP contribution in [0.25, 0.3) is 0 Å². The molecule has 0 saturated carbocycles. The fourth-order valence-corrected chi connectivity index (χ4v) is 2.51. The molecule has 3 unspecified atom stereocenters. The number of carbonyl (C=O) groups is 1. The predicted octanol–water partition coefficient (Wildman–Crippen LogP) is -1.12. The first-order valence-corrected chi connectivity index (χ1v) is 5.87. The topological polar surface area (TPSA) is 105 Å². The minimum absolute atomic E-state index is 0.0979. The third-order valence-electron chi connectivity index (χ3n) is 3.26. The average Bonchev–Trinajstić information content (AvgIpc) is 2.38. The third kappa shape index (κ3) is 2.44. The maximum Gasteiger partial charge on any atom is 0.240 e. The van der Waals surface area contributed by atoms with Crippen LogP contribution >= 0.6 is 0 Å². The molecule has 1 aliphatic rings. The Labute approximate surface area is 106 Å². The van der Waals surface area contributed by atoms with E-state index in [1.807, 2.05) is 0 Å². The first kappa shape index (κ1) is 12.8. The maximum atomic E-state index is 11.6. The molecule has 1 aromatic heterocycles. The van der Waals surface area contributed by atoms with Crippen molar-refractivity contribution in [2.24, 2.45) is 17.4 Å². The highest BCUT2D eigenvalue weighted by molar-refractivity contribution is 5.84. The number of hydrogen-bond acceptors (Lipinski definition) is 5. The Morgan fingerprint density at radius 3 is 3.00 bits per heavy atom. The van der Waals surface area contributed by atoms with Crippen molar-refractivity contribution >= 4 is 11.6 Å². The normalized spacial score (nSPS) is 28.1. The fraction of sp³-hybridized carbons (Fsp3) is 0.500. The van der Waals surface area contributed by atoms with Gasteiger partial charge in [-0.1, -0.05) is 0 Å². The van der Waals surface area contributed by atoms with Gasteiger partial charge in [0.05, 0.1) is 0 Å². The lowest BCUT2D eigenvalue weighted by molar-refractivity contribution is -0.121. The molecule has 1 fully saturated rings. The summed E-state index contributed by atoms with van der Waals surface area (Å²) in [6.45, 7) is 0.410. The number of nitrogens with two attached hydrogens (primary N) is 2.